The molecule has 0 radical (unpaired) electrons. The molecule has 1 aliphatic rings. The number of aryl methyl sites for hydroxylation is 1. The van der Waals surface area contributed by atoms with Crippen LogP contribution in [0.15, 0.2) is 48.5 Å². The van der Waals surface area contributed by atoms with Crippen molar-refractivity contribution in [3.8, 4) is 0 Å². The fourth-order valence-corrected chi connectivity index (χ4v) is 3.19. The summed E-state index contributed by atoms with van der Waals surface area (Å²) in [5.41, 5.74) is 3.98. The third-order valence-electron chi connectivity index (χ3n) is 4.44. The molecule has 1 aliphatic heterocycles. The molecule has 0 spiro atoms. The van der Waals surface area contributed by atoms with Crippen LogP contribution in [0.4, 0.5) is 4.39 Å². The highest BCUT2D eigenvalue weighted by atomic mass is 19.1. The second-order valence-corrected chi connectivity index (χ2v) is 5.85. The third kappa shape index (κ3) is 3.33. The van der Waals surface area contributed by atoms with Crippen LogP contribution in [0.25, 0.3) is 0 Å². The van der Waals surface area contributed by atoms with Crippen LogP contribution in [0.2, 0.25) is 0 Å². The van der Waals surface area contributed by atoms with Crippen LogP contribution >= 0.6 is 0 Å². The van der Waals surface area contributed by atoms with Crippen molar-refractivity contribution in [3.63, 3.8) is 0 Å². The van der Waals surface area contributed by atoms with Gasteiger partial charge in [-0.1, -0.05) is 43.3 Å². The van der Waals surface area contributed by atoms with E-state index in [0.29, 0.717) is 6.04 Å². The molecule has 21 heavy (non-hydrogen) atoms. The predicted octanol–water partition coefficient (Wildman–Crippen LogP) is 4.73. The van der Waals surface area contributed by atoms with Gasteiger partial charge in [-0.05, 0) is 54.6 Å². The summed E-state index contributed by atoms with van der Waals surface area (Å²) in [5.74, 6) is -0.154. The number of nitrogens with zero attached hydrogens (tertiary/aromatic N) is 1. The zero-order chi connectivity index (χ0) is 14.7. The Bertz CT molecular complexity index is 574. The number of likely N-dealkylation sites (tertiary alicyclic amines) is 1. The average Bonchev–Trinajstić information content (AvgIpc) is 2.97. The normalized spacial score (nSPS) is 19.0. The smallest absolute Gasteiger partial charge is 0.123 e. The van der Waals surface area contributed by atoms with E-state index in [1.54, 1.807) is 12.1 Å². The molecule has 0 amide bonds. The molecule has 0 aromatic heterocycles. The molecule has 0 saturated carbocycles. The summed E-state index contributed by atoms with van der Waals surface area (Å²) in [6.07, 6.45) is 3.47. The summed E-state index contributed by atoms with van der Waals surface area (Å²) in [6, 6.07) is 16.3. The van der Waals surface area contributed by atoms with Gasteiger partial charge in [0, 0.05) is 12.6 Å². The fraction of sp³-hybridized carbons (Fsp3) is 0.368. The van der Waals surface area contributed by atoms with Crippen LogP contribution in [-0.2, 0) is 13.0 Å². The fourth-order valence-electron chi connectivity index (χ4n) is 3.19. The molecule has 2 aromatic carbocycles. The van der Waals surface area contributed by atoms with E-state index in [1.807, 2.05) is 12.1 Å². The maximum Gasteiger partial charge on any atom is 0.123 e. The van der Waals surface area contributed by atoms with Crippen molar-refractivity contribution in [2.75, 3.05) is 6.54 Å². The summed E-state index contributed by atoms with van der Waals surface area (Å²) in [7, 11) is 0. The first-order valence-corrected chi connectivity index (χ1v) is 7.83. The summed E-state index contributed by atoms with van der Waals surface area (Å²) < 4.78 is 13.1. The molecule has 1 heterocycles. The Kier molecular flexibility index (Phi) is 4.35. The van der Waals surface area contributed by atoms with E-state index in [9.17, 15) is 4.39 Å². The second-order valence-electron chi connectivity index (χ2n) is 5.85. The Morgan fingerprint density at radius 2 is 1.67 bits per heavy atom. The minimum absolute atomic E-state index is 0.154. The first kappa shape index (κ1) is 14.3. The van der Waals surface area contributed by atoms with Gasteiger partial charge in [-0.2, -0.15) is 0 Å². The van der Waals surface area contributed by atoms with E-state index in [1.165, 1.54) is 29.5 Å². The van der Waals surface area contributed by atoms with Gasteiger partial charge in [-0.15, -0.1) is 0 Å². The number of halogens is 1. The molecule has 1 atom stereocenters. The lowest BCUT2D eigenvalue weighted by Crippen LogP contribution is -2.22. The van der Waals surface area contributed by atoms with Crippen molar-refractivity contribution in [2.45, 2.75) is 38.8 Å². The van der Waals surface area contributed by atoms with Crippen molar-refractivity contribution in [3.05, 3.63) is 71.0 Å². The Morgan fingerprint density at radius 3 is 2.33 bits per heavy atom. The van der Waals surface area contributed by atoms with Gasteiger partial charge >= 0.3 is 0 Å². The van der Waals surface area contributed by atoms with Crippen molar-refractivity contribution in [1.82, 2.24) is 4.90 Å². The Hall–Kier alpha value is -1.67. The van der Waals surface area contributed by atoms with E-state index in [0.717, 1.165) is 19.5 Å². The van der Waals surface area contributed by atoms with Crippen LogP contribution in [0, 0.1) is 5.82 Å². The molecule has 2 heteroatoms. The standard InChI is InChI=1S/C19H22FN/c1-2-15-5-7-16(8-6-15)14-21-13-3-4-19(21)17-9-11-18(20)12-10-17/h5-12,19H,2-4,13-14H2,1H3. The Morgan fingerprint density at radius 1 is 1.00 bits per heavy atom. The predicted molar refractivity (Wildman–Crippen MR) is 84.6 cm³/mol. The van der Waals surface area contributed by atoms with Crippen LogP contribution in [-0.4, -0.2) is 11.4 Å². The molecule has 2 aromatic rings. The van der Waals surface area contributed by atoms with Crippen LogP contribution in [0.1, 0.15) is 42.5 Å². The molecule has 0 aliphatic carbocycles. The third-order valence-corrected chi connectivity index (χ3v) is 4.44. The van der Waals surface area contributed by atoms with E-state index in [4.69, 9.17) is 0 Å². The average molecular weight is 283 g/mol. The number of benzene rings is 2. The van der Waals surface area contributed by atoms with Gasteiger partial charge in [0.2, 0.25) is 0 Å². The zero-order valence-electron chi connectivity index (χ0n) is 12.6. The Balaban J connectivity index is 1.72. The molecule has 3 rings (SSSR count). The number of hydrogen-bond acceptors (Lipinski definition) is 1. The highest BCUT2D eigenvalue weighted by Gasteiger charge is 2.25. The molecule has 1 saturated heterocycles. The van der Waals surface area contributed by atoms with Gasteiger partial charge in [0.25, 0.3) is 0 Å². The second kappa shape index (κ2) is 6.40. The van der Waals surface area contributed by atoms with Crippen molar-refractivity contribution >= 4 is 0 Å². The van der Waals surface area contributed by atoms with Gasteiger partial charge in [0.05, 0.1) is 0 Å². The van der Waals surface area contributed by atoms with E-state index >= 15 is 0 Å². The summed E-state index contributed by atoms with van der Waals surface area (Å²) >= 11 is 0. The van der Waals surface area contributed by atoms with Crippen molar-refractivity contribution in [2.24, 2.45) is 0 Å². The molecule has 1 nitrogen and oxygen atoms in total. The molecular formula is C19H22FN. The summed E-state index contributed by atoms with van der Waals surface area (Å²) in [4.78, 5) is 2.51. The quantitative estimate of drug-likeness (QED) is 0.784. The summed E-state index contributed by atoms with van der Waals surface area (Å²) in [5, 5.41) is 0. The lowest BCUT2D eigenvalue weighted by atomic mass is 10.0. The minimum atomic E-state index is -0.154. The zero-order valence-corrected chi connectivity index (χ0v) is 12.6. The minimum Gasteiger partial charge on any atom is -0.292 e. The van der Waals surface area contributed by atoms with Crippen molar-refractivity contribution < 1.29 is 4.39 Å². The largest absolute Gasteiger partial charge is 0.292 e. The van der Waals surface area contributed by atoms with E-state index in [-0.39, 0.29) is 5.82 Å². The molecular weight excluding hydrogens is 261 g/mol. The molecule has 110 valence electrons. The first-order chi connectivity index (χ1) is 10.3. The van der Waals surface area contributed by atoms with E-state index in [2.05, 4.69) is 36.1 Å². The number of rotatable bonds is 4. The SMILES string of the molecule is CCc1ccc(CN2CCCC2c2ccc(F)cc2)cc1. The van der Waals surface area contributed by atoms with Gasteiger partial charge in [0.1, 0.15) is 5.82 Å². The molecule has 1 unspecified atom stereocenters. The maximum absolute atomic E-state index is 13.1. The maximum atomic E-state index is 13.1. The Labute approximate surface area is 126 Å². The molecule has 1 fully saturated rings. The lowest BCUT2D eigenvalue weighted by Gasteiger charge is -2.25. The van der Waals surface area contributed by atoms with Crippen LogP contribution in [0.5, 0.6) is 0 Å². The van der Waals surface area contributed by atoms with Gasteiger partial charge in [-0.3, -0.25) is 4.90 Å². The van der Waals surface area contributed by atoms with Crippen LogP contribution in [0.3, 0.4) is 0 Å². The first-order valence-electron chi connectivity index (χ1n) is 7.83. The van der Waals surface area contributed by atoms with Gasteiger partial charge < -0.3 is 0 Å². The highest BCUT2D eigenvalue weighted by molar-refractivity contribution is 5.24. The lowest BCUT2D eigenvalue weighted by molar-refractivity contribution is 0.248. The monoisotopic (exact) mass is 283 g/mol. The van der Waals surface area contributed by atoms with Gasteiger partial charge in [0.15, 0.2) is 0 Å². The topological polar surface area (TPSA) is 3.24 Å². The van der Waals surface area contributed by atoms with E-state index < -0.39 is 0 Å². The molecule has 0 N–H and O–H groups in total. The van der Waals surface area contributed by atoms with Crippen molar-refractivity contribution in [1.29, 1.82) is 0 Å². The van der Waals surface area contributed by atoms with Crippen LogP contribution < -0.4 is 0 Å². The number of hydrogen-bond donors (Lipinski definition) is 0. The summed E-state index contributed by atoms with van der Waals surface area (Å²) in [6.45, 7) is 4.28. The molecule has 0 bridgehead atoms. The highest BCUT2D eigenvalue weighted by Crippen LogP contribution is 2.33. The van der Waals surface area contributed by atoms with Gasteiger partial charge in [-0.25, -0.2) is 4.39 Å².